The minimum atomic E-state index is -0.221. The highest BCUT2D eigenvalue weighted by Crippen LogP contribution is 2.34. The Balaban J connectivity index is 1.36. The predicted octanol–water partition coefficient (Wildman–Crippen LogP) is 5.05. The maximum atomic E-state index is 12.8. The van der Waals surface area contributed by atoms with Crippen molar-refractivity contribution in [2.45, 2.75) is 6.42 Å². The lowest BCUT2D eigenvalue weighted by molar-refractivity contribution is -0.122. The van der Waals surface area contributed by atoms with Crippen LogP contribution in [0.25, 0.3) is 17.3 Å². The number of hydrogen-bond acceptors (Lipinski definition) is 7. The average Bonchev–Trinajstić information content (AvgIpc) is 3.37. The number of thioether (sulfide) groups is 1. The van der Waals surface area contributed by atoms with E-state index in [0.29, 0.717) is 20.1 Å². The topological polar surface area (TPSA) is 71.5 Å². The number of hydrogen-bond donors (Lipinski definition) is 1. The summed E-state index contributed by atoms with van der Waals surface area (Å²) in [6.45, 7) is 0.205. The van der Waals surface area contributed by atoms with Crippen molar-refractivity contribution in [2.75, 3.05) is 19.0 Å². The number of carbonyl (C=O) groups is 2. The number of amides is 2. The van der Waals surface area contributed by atoms with Crippen LogP contribution in [0.3, 0.4) is 0 Å². The number of carbonyl (C=O) groups excluding carboxylic acids is 2. The van der Waals surface area contributed by atoms with Crippen molar-refractivity contribution < 1.29 is 14.3 Å². The molecule has 0 atom stereocenters. The van der Waals surface area contributed by atoms with E-state index in [0.717, 1.165) is 16.8 Å². The highest BCUT2D eigenvalue weighted by atomic mass is 32.2. The van der Waals surface area contributed by atoms with Crippen LogP contribution in [0.15, 0.2) is 64.9 Å². The van der Waals surface area contributed by atoms with E-state index in [-0.39, 0.29) is 24.8 Å². The molecule has 1 aromatic heterocycles. The number of aromatic nitrogens is 1. The van der Waals surface area contributed by atoms with E-state index >= 15 is 0 Å². The first-order chi connectivity index (χ1) is 15.5. The zero-order valence-corrected chi connectivity index (χ0v) is 19.6. The number of benzene rings is 2. The van der Waals surface area contributed by atoms with Crippen LogP contribution in [-0.4, -0.2) is 39.7 Å². The van der Waals surface area contributed by atoms with Crippen molar-refractivity contribution in [2.24, 2.45) is 0 Å². The number of para-hydroxylation sites is 1. The number of ether oxygens (including phenoxy) is 1. The molecule has 0 bridgehead atoms. The van der Waals surface area contributed by atoms with E-state index in [4.69, 9.17) is 17.0 Å². The van der Waals surface area contributed by atoms with Gasteiger partial charge in [-0.2, -0.15) is 0 Å². The molecule has 2 heterocycles. The minimum absolute atomic E-state index is 0.120. The summed E-state index contributed by atoms with van der Waals surface area (Å²) >= 11 is 7.95. The molecule has 9 heteroatoms. The van der Waals surface area contributed by atoms with Gasteiger partial charge in [-0.1, -0.05) is 72.5 Å². The molecule has 1 saturated heterocycles. The van der Waals surface area contributed by atoms with E-state index in [1.54, 1.807) is 13.2 Å². The Morgan fingerprint density at radius 2 is 1.94 bits per heavy atom. The maximum Gasteiger partial charge on any atom is 0.266 e. The van der Waals surface area contributed by atoms with Crippen LogP contribution in [0.1, 0.15) is 12.0 Å². The number of nitrogens with one attached hydrogen (secondary N) is 1. The Morgan fingerprint density at radius 1 is 1.19 bits per heavy atom. The molecule has 0 radical (unpaired) electrons. The van der Waals surface area contributed by atoms with Gasteiger partial charge in [0.25, 0.3) is 5.91 Å². The van der Waals surface area contributed by atoms with E-state index in [9.17, 15) is 9.59 Å². The van der Waals surface area contributed by atoms with Crippen molar-refractivity contribution in [3.8, 4) is 17.0 Å². The SMILES string of the molecule is COc1ccccc1/C=C1\SC(=S)N(CCC(=O)Nc2nc(-c3ccccc3)cs2)C1=O. The number of anilines is 1. The fourth-order valence-corrected chi connectivity index (χ4v) is 5.12. The van der Waals surface area contributed by atoms with Gasteiger partial charge in [-0.3, -0.25) is 14.5 Å². The lowest BCUT2D eigenvalue weighted by Gasteiger charge is -2.13. The first-order valence-electron chi connectivity index (χ1n) is 9.74. The second-order valence-electron chi connectivity index (χ2n) is 6.78. The summed E-state index contributed by atoms with van der Waals surface area (Å²) in [6, 6.07) is 17.2. The van der Waals surface area contributed by atoms with Crippen molar-refractivity contribution in [1.82, 2.24) is 9.88 Å². The van der Waals surface area contributed by atoms with Crippen LogP contribution in [0.2, 0.25) is 0 Å². The molecule has 4 rings (SSSR count). The second kappa shape index (κ2) is 10.1. The Kier molecular flexibility index (Phi) is 6.99. The molecule has 0 saturated carbocycles. The lowest BCUT2D eigenvalue weighted by Crippen LogP contribution is -2.31. The molecule has 0 spiro atoms. The second-order valence-corrected chi connectivity index (χ2v) is 9.31. The average molecular weight is 482 g/mol. The first kappa shape index (κ1) is 22.2. The molecular weight excluding hydrogens is 462 g/mol. The summed E-state index contributed by atoms with van der Waals surface area (Å²) in [4.78, 5) is 31.7. The summed E-state index contributed by atoms with van der Waals surface area (Å²) in [5.74, 6) is 0.247. The van der Waals surface area contributed by atoms with Crippen LogP contribution < -0.4 is 10.1 Å². The van der Waals surface area contributed by atoms with Gasteiger partial charge in [0.05, 0.1) is 17.7 Å². The maximum absolute atomic E-state index is 12.8. The van der Waals surface area contributed by atoms with Gasteiger partial charge in [0.15, 0.2) is 5.13 Å². The number of methoxy groups -OCH3 is 1. The minimum Gasteiger partial charge on any atom is -0.496 e. The van der Waals surface area contributed by atoms with Gasteiger partial charge in [0.2, 0.25) is 5.91 Å². The van der Waals surface area contributed by atoms with Crippen molar-refractivity contribution in [1.29, 1.82) is 0 Å². The lowest BCUT2D eigenvalue weighted by atomic mass is 10.2. The van der Waals surface area contributed by atoms with Crippen molar-refractivity contribution in [3.63, 3.8) is 0 Å². The van der Waals surface area contributed by atoms with Gasteiger partial charge in [-0.25, -0.2) is 4.98 Å². The molecule has 0 unspecified atom stereocenters. The van der Waals surface area contributed by atoms with E-state index in [1.807, 2.05) is 60.0 Å². The fraction of sp³-hybridized carbons (Fsp3) is 0.130. The van der Waals surface area contributed by atoms with Gasteiger partial charge in [0.1, 0.15) is 10.1 Å². The van der Waals surface area contributed by atoms with Crippen LogP contribution in [0.5, 0.6) is 5.75 Å². The van der Waals surface area contributed by atoms with Crippen LogP contribution in [0.4, 0.5) is 5.13 Å². The Morgan fingerprint density at radius 3 is 2.72 bits per heavy atom. The Hall–Kier alpha value is -3.01. The van der Waals surface area contributed by atoms with Crippen molar-refractivity contribution in [3.05, 3.63) is 70.4 Å². The third kappa shape index (κ3) is 5.07. The van der Waals surface area contributed by atoms with E-state index < -0.39 is 0 Å². The summed E-state index contributed by atoms with van der Waals surface area (Å²) in [5, 5.41) is 5.22. The highest BCUT2D eigenvalue weighted by molar-refractivity contribution is 8.26. The quantitative estimate of drug-likeness (QED) is 0.376. The fourth-order valence-electron chi connectivity index (χ4n) is 3.09. The molecule has 3 aromatic rings. The summed E-state index contributed by atoms with van der Waals surface area (Å²) < 4.78 is 5.78. The molecule has 1 N–H and O–H groups in total. The van der Waals surface area contributed by atoms with Gasteiger partial charge >= 0.3 is 0 Å². The normalized spacial score (nSPS) is 14.8. The van der Waals surface area contributed by atoms with E-state index in [1.165, 1.54) is 28.0 Å². The summed E-state index contributed by atoms with van der Waals surface area (Å²) in [5.41, 5.74) is 2.60. The smallest absolute Gasteiger partial charge is 0.266 e. The molecular formula is C23H19N3O3S3. The monoisotopic (exact) mass is 481 g/mol. The number of thiocarbonyl (C=S) groups is 1. The summed E-state index contributed by atoms with van der Waals surface area (Å²) in [7, 11) is 1.59. The molecule has 162 valence electrons. The van der Waals surface area contributed by atoms with Gasteiger partial charge in [-0.05, 0) is 12.1 Å². The third-order valence-electron chi connectivity index (χ3n) is 4.68. The highest BCUT2D eigenvalue weighted by Gasteiger charge is 2.32. The third-order valence-corrected chi connectivity index (χ3v) is 6.82. The Bertz CT molecular complexity index is 1190. The molecule has 2 aromatic carbocycles. The largest absolute Gasteiger partial charge is 0.496 e. The first-order valence-corrected chi connectivity index (χ1v) is 11.8. The van der Waals surface area contributed by atoms with E-state index in [2.05, 4.69) is 10.3 Å². The number of rotatable bonds is 7. The number of thiazole rings is 1. The van der Waals surface area contributed by atoms with Crippen molar-refractivity contribution >= 4 is 62.7 Å². The summed E-state index contributed by atoms with van der Waals surface area (Å²) in [6.07, 6.45) is 1.88. The molecule has 32 heavy (non-hydrogen) atoms. The molecule has 1 aliphatic heterocycles. The standard InChI is InChI=1S/C23H19N3O3S3/c1-29-18-10-6-5-9-16(18)13-19-21(28)26(23(30)32-19)12-11-20(27)25-22-24-17(14-31-22)15-7-3-2-4-8-15/h2-10,13-14H,11-12H2,1H3,(H,24,25,27)/b19-13-. The zero-order chi connectivity index (χ0) is 22.5. The van der Waals surface area contributed by atoms with Crippen LogP contribution in [-0.2, 0) is 9.59 Å². The molecule has 0 aliphatic carbocycles. The van der Waals surface area contributed by atoms with Gasteiger partial charge in [0, 0.05) is 29.5 Å². The van der Waals surface area contributed by atoms with Crippen LogP contribution in [0, 0.1) is 0 Å². The zero-order valence-electron chi connectivity index (χ0n) is 17.1. The van der Waals surface area contributed by atoms with Gasteiger partial charge < -0.3 is 10.1 Å². The van der Waals surface area contributed by atoms with Crippen LogP contribution >= 0.6 is 35.3 Å². The van der Waals surface area contributed by atoms with Gasteiger partial charge in [-0.15, -0.1) is 11.3 Å². The Labute approximate surface area is 199 Å². The molecule has 2 amide bonds. The molecule has 1 fully saturated rings. The number of nitrogens with zero attached hydrogens (tertiary/aromatic N) is 2. The molecule has 1 aliphatic rings. The molecule has 6 nitrogen and oxygen atoms in total. The predicted molar refractivity (Wildman–Crippen MR) is 134 cm³/mol.